The van der Waals surface area contributed by atoms with E-state index in [2.05, 4.69) is 25.0 Å². The zero-order valence-corrected chi connectivity index (χ0v) is 19.4. The van der Waals surface area contributed by atoms with E-state index in [0.29, 0.717) is 24.9 Å². The van der Waals surface area contributed by atoms with Gasteiger partial charge in [-0.2, -0.15) is 10.1 Å². The molecular formula is C23H25ClFN7O. The van der Waals surface area contributed by atoms with Gasteiger partial charge in [0.05, 0.1) is 16.8 Å². The zero-order chi connectivity index (χ0) is 23.3. The van der Waals surface area contributed by atoms with Gasteiger partial charge in [0.1, 0.15) is 6.17 Å². The Morgan fingerprint density at radius 2 is 2.06 bits per heavy atom. The largest absolute Gasteiger partial charge is 0.389 e. The second-order valence-corrected chi connectivity index (χ2v) is 8.89. The van der Waals surface area contributed by atoms with E-state index in [1.54, 1.807) is 16.9 Å². The number of anilines is 2. The minimum absolute atomic E-state index is 0.225. The number of hydrogen-bond donors (Lipinski definition) is 2. The van der Waals surface area contributed by atoms with E-state index in [1.165, 1.54) is 0 Å². The van der Waals surface area contributed by atoms with Crippen molar-refractivity contribution in [2.24, 2.45) is 7.05 Å². The van der Waals surface area contributed by atoms with Gasteiger partial charge in [-0.05, 0) is 32.0 Å². The topological polar surface area (TPSA) is 84.0 Å². The highest BCUT2D eigenvalue weighted by atomic mass is 35.5. The van der Waals surface area contributed by atoms with Crippen molar-refractivity contribution in [3.05, 3.63) is 58.6 Å². The number of benzene rings is 1. The third-order valence-electron chi connectivity index (χ3n) is 6.24. The van der Waals surface area contributed by atoms with Crippen molar-refractivity contribution in [1.82, 2.24) is 29.2 Å². The van der Waals surface area contributed by atoms with Crippen molar-refractivity contribution in [3.63, 3.8) is 0 Å². The molecule has 33 heavy (non-hydrogen) atoms. The fraction of sp³-hybridized carbons (Fsp3) is 0.348. The summed E-state index contributed by atoms with van der Waals surface area (Å²) in [6, 6.07) is 7.74. The summed E-state index contributed by atoms with van der Waals surface area (Å²) < 4.78 is 17.4. The summed E-state index contributed by atoms with van der Waals surface area (Å²) in [6.45, 7) is 4.97. The highest BCUT2D eigenvalue weighted by Gasteiger charge is 2.31. The first-order chi connectivity index (χ1) is 15.8. The van der Waals surface area contributed by atoms with Crippen LogP contribution in [-0.2, 0) is 13.6 Å². The van der Waals surface area contributed by atoms with Gasteiger partial charge in [0.15, 0.2) is 5.82 Å². The van der Waals surface area contributed by atoms with Gasteiger partial charge in [-0.3, -0.25) is 4.90 Å². The Labute approximate surface area is 195 Å². The standard InChI is InChI=1S/C23H25ClFN7O/c1-13-15(9-31-11-18(25)20(33)12-31)10-32(29-13)21-6-7-26-23(28-21)27-16-4-5-19-17(8-16)22(24)14(2)30(19)3/h4-8,10,18,20,33H,9,11-12H2,1-3H3,(H,26,27,28)/t18-,20+/m1/s1. The molecule has 3 aromatic heterocycles. The van der Waals surface area contributed by atoms with Crippen LogP contribution in [0.25, 0.3) is 16.7 Å². The number of nitrogens with one attached hydrogen (secondary N) is 1. The molecule has 1 aliphatic heterocycles. The molecule has 8 nitrogen and oxygen atoms in total. The van der Waals surface area contributed by atoms with Crippen molar-refractivity contribution < 1.29 is 9.50 Å². The number of aryl methyl sites for hydroxylation is 2. The number of halogens is 2. The molecule has 10 heteroatoms. The zero-order valence-electron chi connectivity index (χ0n) is 18.6. The molecule has 0 radical (unpaired) electrons. The number of aromatic nitrogens is 5. The minimum atomic E-state index is -1.20. The molecule has 0 aliphatic carbocycles. The molecule has 4 heterocycles. The van der Waals surface area contributed by atoms with Gasteiger partial charge in [0.25, 0.3) is 0 Å². The quantitative estimate of drug-likeness (QED) is 0.464. The Kier molecular flexibility index (Phi) is 5.55. The number of aliphatic hydroxyl groups excluding tert-OH is 1. The van der Waals surface area contributed by atoms with Gasteiger partial charge < -0.3 is 15.0 Å². The lowest BCUT2D eigenvalue weighted by Gasteiger charge is -2.13. The first-order valence-electron chi connectivity index (χ1n) is 10.7. The van der Waals surface area contributed by atoms with E-state index in [0.717, 1.165) is 38.6 Å². The second-order valence-electron chi connectivity index (χ2n) is 8.52. The highest BCUT2D eigenvalue weighted by molar-refractivity contribution is 6.36. The molecule has 172 valence electrons. The summed E-state index contributed by atoms with van der Waals surface area (Å²) in [4.78, 5) is 10.8. The number of alkyl halides is 1. The third-order valence-corrected chi connectivity index (χ3v) is 6.71. The Morgan fingerprint density at radius 1 is 1.24 bits per heavy atom. The molecule has 2 atom stereocenters. The predicted molar refractivity (Wildman–Crippen MR) is 126 cm³/mol. The van der Waals surface area contributed by atoms with E-state index >= 15 is 0 Å². The Balaban J connectivity index is 1.37. The average molecular weight is 470 g/mol. The molecule has 0 amide bonds. The minimum Gasteiger partial charge on any atom is -0.389 e. The van der Waals surface area contributed by atoms with E-state index in [-0.39, 0.29) is 6.54 Å². The van der Waals surface area contributed by atoms with Gasteiger partial charge in [-0.25, -0.2) is 14.1 Å². The number of rotatable bonds is 5. The van der Waals surface area contributed by atoms with Crippen molar-refractivity contribution in [1.29, 1.82) is 0 Å². The van der Waals surface area contributed by atoms with Crippen molar-refractivity contribution in [3.8, 4) is 5.82 Å². The Morgan fingerprint density at radius 3 is 2.82 bits per heavy atom. The summed E-state index contributed by atoms with van der Waals surface area (Å²) in [7, 11) is 1.99. The fourth-order valence-corrected chi connectivity index (χ4v) is 4.51. The summed E-state index contributed by atoms with van der Waals surface area (Å²) in [5.41, 5.74) is 4.69. The van der Waals surface area contributed by atoms with E-state index in [4.69, 9.17) is 11.6 Å². The Bertz CT molecular complexity index is 1320. The first kappa shape index (κ1) is 21.8. The molecular weight excluding hydrogens is 445 g/mol. The molecule has 0 spiro atoms. The van der Waals surface area contributed by atoms with Crippen LogP contribution in [0, 0.1) is 13.8 Å². The molecule has 4 aromatic rings. The fourth-order valence-electron chi connectivity index (χ4n) is 4.23. The second kappa shape index (κ2) is 8.40. The molecule has 1 aliphatic rings. The normalized spacial score (nSPS) is 19.0. The van der Waals surface area contributed by atoms with Crippen LogP contribution in [0.2, 0.25) is 5.02 Å². The molecule has 1 saturated heterocycles. The van der Waals surface area contributed by atoms with Gasteiger partial charge in [0, 0.05) is 73.0 Å². The van der Waals surface area contributed by atoms with Gasteiger partial charge in [-0.1, -0.05) is 11.6 Å². The monoisotopic (exact) mass is 469 g/mol. The maximum Gasteiger partial charge on any atom is 0.229 e. The van der Waals surface area contributed by atoms with E-state index in [9.17, 15) is 9.50 Å². The smallest absolute Gasteiger partial charge is 0.229 e. The average Bonchev–Trinajstić information content (AvgIpc) is 3.39. The van der Waals surface area contributed by atoms with Gasteiger partial charge >= 0.3 is 0 Å². The molecule has 0 bridgehead atoms. The number of aliphatic hydroxyl groups is 1. The summed E-state index contributed by atoms with van der Waals surface area (Å²) in [5.74, 6) is 1.05. The Hall–Kier alpha value is -3.01. The molecule has 1 fully saturated rings. The molecule has 2 N–H and O–H groups in total. The lowest BCUT2D eigenvalue weighted by Crippen LogP contribution is -2.21. The number of fused-ring (bicyclic) bond motifs is 1. The van der Waals surface area contributed by atoms with Crippen molar-refractivity contribution in [2.75, 3.05) is 18.4 Å². The van der Waals surface area contributed by atoms with Crippen LogP contribution in [0.4, 0.5) is 16.0 Å². The number of nitrogens with zero attached hydrogens (tertiary/aromatic N) is 6. The van der Waals surface area contributed by atoms with Crippen LogP contribution < -0.4 is 5.32 Å². The third kappa shape index (κ3) is 4.07. The number of β-amino-alcohol motifs (C(OH)–C–C–N with tert-alkyl or cyclic N) is 1. The van der Waals surface area contributed by atoms with E-state index in [1.807, 2.05) is 50.2 Å². The molecule has 1 aromatic carbocycles. The predicted octanol–water partition coefficient (Wildman–Crippen LogP) is 3.68. The lowest BCUT2D eigenvalue weighted by atomic mass is 10.2. The van der Waals surface area contributed by atoms with Crippen LogP contribution in [0.15, 0.2) is 36.7 Å². The maximum absolute atomic E-state index is 13.6. The molecule has 5 rings (SSSR count). The number of likely N-dealkylation sites (tertiary alicyclic amines) is 1. The van der Waals surface area contributed by atoms with E-state index < -0.39 is 12.3 Å². The summed E-state index contributed by atoms with van der Waals surface area (Å²) >= 11 is 6.49. The van der Waals surface area contributed by atoms with Crippen LogP contribution in [0.5, 0.6) is 0 Å². The molecule has 0 saturated carbocycles. The summed E-state index contributed by atoms with van der Waals surface area (Å²) in [5, 5.41) is 19.2. The molecule has 0 unspecified atom stereocenters. The van der Waals surface area contributed by atoms with Gasteiger partial charge in [0.2, 0.25) is 5.95 Å². The number of hydrogen-bond acceptors (Lipinski definition) is 6. The SMILES string of the molecule is Cc1nn(-c2ccnc(Nc3ccc4c(c3)c(Cl)c(C)n4C)n2)cc1CN1C[C@@H](F)[C@@H](O)C1. The van der Waals surface area contributed by atoms with Gasteiger partial charge in [-0.15, -0.1) is 0 Å². The van der Waals surface area contributed by atoms with Crippen molar-refractivity contribution >= 4 is 34.1 Å². The van der Waals surface area contributed by atoms with Crippen molar-refractivity contribution in [2.45, 2.75) is 32.7 Å². The highest BCUT2D eigenvalue weighted by Crippen LogP contribution is 2.32. The maximum atomic E-state index is 13.6. The van der Waals surface area contributed by atoms with Crippen LogP contribution >= 0.6 is 11.6 Å². The van der Waals surface area contributed by atoms with Crippen LogP contribution in [0.1, 0.15) is 17.0 Å². The van der Waals surface area contributed by atoms with Crippen LogP contribution in [0.3, 0.4) is 0 Å². The summed E-state index contributed by atoms with van der Waals surface area (Å²) in [6.07, 6.45) is 1.43. The first-order valence-corrected chi connectivity index (χ1v) is 11.1. The van der Waals surface area contributed by atoms with Crippen LogP contribution in [-0.4, -0.2) is 59.7 Å². The lowest BCUT2D eigenvalue weighted by molar-refractivity contribution is 0.115.